The van der Waals surface area contributed by atoms with Crippen LogP contribution in [0.25, 0.3) is 0 Å². The SMILES string of the molecule is CC(=O)[C@H](CCC(=O)OCC[Si](C)(C)C)N(C)C. The Balaban J connectivity index is 3.92. The predicted octanol–water partition coefficient (Wildman–Crippen LogP) is 2.17. The lowest BCUT2D eigenvalue weighted by Crippen LogP contribution is -2.34. The molecule has 1 atom stereocenters. The third-order valence-corrected chi connectivity index (χ3v) is 4.53. The van der Waals surface area contributed by atoms with Crippen LogP contribution in [-0.4, -0.2) is 51.5 Å². The molecule has 0 heterocycles. The molecule has 0 aliphatic carbocycles. The third-order valence-electron chi connectivity index (χ3n) is 2.83. The highest BCUT2D eigenvalue weighted by atomic mass is 28.3. The Kier molecular flexibility index (Phi) is 7.39. The standard InChI is InChI=1S/C13H27NO3Si/c1-11(15)12(14(2)3)7-8-13(16)17-9-10-18(4,5)6/h12H,7-10H2,1-6H3/t12-/m0/s1. The van der Waals surface area contributed by atoms with E-state index in [-0.39, 0.29) is 17.8 Å². The zero-order valence-electron chi connectivity index (χ0n) is 12.6. The first-order chi connectivity index (χ1) is 8.13. The second kappa shape index (κ2) is 7.69. The minimum atomic E-state index is -1.14. The average molecular weight is 273 g/mol. The molecule has 106 valence electrons. The summed E-state index contributed by atoms with van der Waals surface area (Å²) in [6.45, 7) is 8.82. The molecule has 0 aliphatic heterocycles. The van der Waals surface area contributed by atoms with Crippen molar-refractivity contribution in [2.75, 3.05) is 20.7 Å². The Bertz CT molecular complexity index is 284. The van der Waals surface area contributed by atoms with Gasteiger partial charge < -0.3 is 4.74 Å². The Morgan fingerprint density at radius 3 is 2.17 bits per heavy atom. The van der Waals surface area contributed by atoms with Gasteiger partial charge in [0, 0.05) is 14.5 Å². The molecule has 0 rings (SSSR count). The van der Waals surface area contributed by atoms with Crippen molar-refractivity contribution in [3.05, 3.63) is 0 Å². The van der Waals surface area contributed by atoms with Gasteiger partial charge in [-0.15, -0.1) is 0 Å². The van der Waals surface area contributed by atoms with Gasteiger partial charge in [-0.3, -0.25) is 14.5 Å². The fraction of sp³-hybridized carbons (Fsp3) is 0.846. The smallest absolute Gasteiger partial charge is 0.305 e. The van der Waals surface area contributed by atoms with Gasteiger partial charge in [0.05, 0.1) is 12.6 Å². The van der Waals surface area contributed by atoms with Gasteiger partial charge in [0.25, 0.3) is 0 Å². The van der Waals surface area contributed by atoms with Crippen molar-refractivity contribution >= 4 is 19.8 Å². The van der Waals surface area contributed by atoms with Crippen molar-refractivity contribution in [3.8, 4) is 0 Å². The molecule has 0 N–H and O–H groups in total. The molecule has 0 bridgehead atoms. The summed E-state index contributed by atoms with van der Waals surface area (Å²) in [7, 11) is 2.56. The Hall–Kier alpha value is -0.683. The molecule has 0 unspecified atom stereocenters. The van der Waals surface area contributed by atoms with Crippen LogP contribution in [-0.2, 0) is 14.3 Å². The van der Waals surface area contributed by atoms with Gasteiger partial charge in [-0.05, 0) is 33.5 Å². The molecule has 0 aromatic heterocycles. The Labute approximate surface area is 112 Å². The van der Waals surface area contributed by atoms with E-state index in [1.807, 2.05) is 19.0 Å². The summed E-state index contributed by atoms with van der Waals surface area (Å²) in [6.07, 6.45) is 0.849. The number of carbonyl (C=O) groups excluding carboxylic acids is 2. The maximum absolute atomic E-state index is 11.5. The molecular weight excluding hydrogens is 246 g/mol. The quantitative estimate of drug-likeness (QED) is 0.502. The maximum atomic E-state index is 11.5. The number of ether oxygens (including phenoxy) is 1. The van der Waals surface area contributed by atoms with E-state index in [0.717, 1.165) is 6.04 Å². The molecule has 0 spiro atoms. The lowest BCUT2D eigenvalue weighted by molar-refractivity contribution is -0.143. The van der Waals surface area contributed by atoms with E-state index in [1.165, 1.54) is 0 Å². The van der Waals surface area contributed by atoms with E-state index in [4.69, 9.17) is 4.74 Å². The molecule has 0 fully saturated rings. The van der Waals surface area contributed by atoms with Crippen LogP contribution in [0.5, 0.6) is 0 Å². The van der Waals surface area contributed by atoms with E-state index in [2.05, 4.69) is 19.6 Å². The first-order valence-corrected chi connectivity index (χ1v) is 10.2. The van der Waals surface area contributed by atoms with Gasteiger partial charge in [-0.2, -0.15) is 0 Å². The normalized spacial score (nSPS) is 13.5. The van der Waals surface area contributed by atoms with Gasteiger partial charge >= 0.3 is 5.97 Å². The second-order valence-corrected chi connectivity index (χ2v) is 11.8. The predicted molar refractivity (Wildman–Crippen MR) is 76.5 cm³/mol. The van der Waals surface area contributed by atoms with Crippen LogP contribution >= 0.6 is 0 Å². The monoisotopic (exact) mass is 273 g/mol. The van der Waals surface area contributed by atoms with Gasteiger partial charge in [0.2, 0.25) is 0 Å². The molecular formula is C13H27NO3Si. The molecule has 0 radical (unpaired) electrons. The highest BCUT2D eigenvalue weighted by Crippen LogP contribution is 2.09. The fourth-order valence-corrected chi connectivity index (χ4v) is 2.34. The number of nitrogens with zero attached hydrogens (tertiary/aromatic N) is 1. The molecule has 0 aromatic rings. The topological polar surface area (TPSA) is 46.6 Å². The minimum Gasteiger partial charge on any atom is -0.466 e. The highest BCUT2D eigenvalue weighted by molar-refractivity contribution is 6.76. The number of hydrogen-bond donors (Lipinski definition) is 0. The maximum Gasteiger partial charge on any atom is 0.305 e. The highest BCUT2D eigenvalue weighted by Gasteiger charge is 2.19. The number of hydrogen-bond acceptors (Lipinski definition) is 4. The fourth-order valence-electron chi connectivity index (χ4n) is 1.62. The summed E-state index contributed by atoms with van der Waals surface area (Å²) in [5.74, 6) is -0.101. The Morgan fingerprint density at radius 1 is 1.22 bits per heavy atom. The first kappa shape index (κ1) is 17.3. The van der Waals surface area contributed by atoms with Crippen molar-refractivity contribution < 1.29 is 14.3 Å². The lowest BCUT2D eigenvalue weighted by Gasteiger charge is -2.21. The van der Waals surface area contributed by atoms with Crippen LogP contribution in [0, 0.1) is 0 Å². The first-order valence-electron chi connectivity index (χ1n) is 6.46. The lowest BCUT2D eigenvalue weighted by atomic mass is 10.1. The van der Waals surface area contributed by atoms with Crippen molar-refractivity contribution in [1.29, 1.82) is 0 Å². The minimum absolute atomic E-state index is 0.0925. The zero-order valence-corrected chi connectivity index (χ0v) is 13.6. The summed E-state index contributed by atoms with van der Waals surface area (Å²) >= 11 is 0. The Morgan fingerprint density at radius 2 is 1.78 bits per heavy atom. The largest absolute Gasteiger partial charge is 0.466 e. The number of carbonyl (C=O) groups is 2. The molecule has 0 aliphatic rings. The molecule has 5 heteroatoms. The van der Waals surface area contributed by atoms with Crippen LogP contribution < -0.4 is 0 Å². The van der Waals surface area contributed by atoms with Crippen molar-refractivity contribution in [2.24, 2.45) is 0 Å². The summed E-state index contributed by atoms with van der Waals surface area (Å²) < 4.78 is 5.19. The van der Waals surface area contributed by atoms with Crippen LogP contribution in [0.2, 0.25) is 25.7 Å². The number of ketones is 1. The molecule has 18 heavy (non-hydrogen) atoms. The van der Waals surface area contributed by atoms with E-state index in [1.54, 1.807) is 6.92 Å². The molecule has 0 saturated carbocycles. The number of rotatable bonds is 8. The summed E-state index contributed by atoms with van der Waals surface area (Å²) in [5.41, 5.74) is 0. The average Bonchev–Trinajstić information content (AvgIpc) is 2.14. The number of Topliss-reactive ketones (excluding diaryl/α,β-unsaturated/α-hetero) is 1. The van der Waals surface area contributed by atoms with Crippen molar-refractivity contribution in [1.82, 2.24) is 4.90 Å². The zero-order chi connectivity index (χ0) is 14.3. The second-order valence-electron chi connectivity index (χ2n) is 6.16. The van der Waals surface area contributed by atoms with Crippen LogP contribution in [0.3, 0.4) is 0 Å². The number of esters is 1. The molecule has 0 saturated heterocycles. The van der Waals surface area contributed by atoms with Crippen molar-refractivity contribution in [3.63, 3.8) is 0 Å². The molecule has 0 aromatic carbocycles. The van der Waals surface area contributed by atoms with Crippen LogP contribution in [0.4, 0.5) is 0 Å². The van der Waals surface area contributed by atoms with E-state index in [9.17, 15) is 9.59 Å². The van der Waals surface area contributed by atoms with E-state index >= 15 is 0 Å². The van der Waals surface area contributed by atoms with Gasteiger partial charge in [-0.1, -0.05) is 19.6 Å². The molecule has 4 nitrogen and oxygen atoms in total. The van der Waals surface area contributed by atoms with E-state index < -0.39 is 8.07 Å². The van der Waals surface area contributed by atoms with Crippen LogP contribution in [0.15, 0.2) is 0 Å². The van der Waals surface area contributed by atoms with Crippen LogP contribution in [0.1, 0.15) is 19.8 Å². The number of likely N-dealkylation sites (N-methyl/N-ethyl adjacent to an activating group) is 1. The van der Waals surface area contributed by atoms with Gasteiger partial charge in [-0.25, -0.2) is 0 Å². The summed E-state index contributed by atoms with van der Waals surface area (Å²) in [6, 6.07) is 0.803. The summed E-state index contributed by atoms with van der Waals surface area (Å²) in [5, 5.41) is 0. The van der Waals surface area contributed by atoms with Gasteiger partial charge in [0.1, 0.15) is 5.78 Å². The van der Waals surface area contributed by atoms with Crippen molar-refractivity contribution in [2.45, 2.75) is 51.5 Å². The third kappa shape index (κ3) is 8.41. The van der Waals surface area contributed by atoms with Gasteiger partial charge in [0.15, 0.2) is 0 Å². The summed E-state index contributed by atoms with van der Waals surface area (Å²) in [4.78, 5) is 24.7. The molecule has 0 amide bonds. The van der Waals surface area contributed by atoms with E-state index in [0.29, 0.717) is 19.4 Å².